The van der Waals surface area contributed by atoms with Crippen LogP contribution in [0.1, 0.15) is 40.7 Å². The highest BCUT2D eigenvalue weighted by molar-refractivity contribution is 5.53. The Morgan fingerprint density at radius 3 is 1.21 bits per heavy atom. The van der Waals surface area contributed by atoms with Gasteiger partial charge in [0.1, 0.15) is 0 Å². The first kappa shape index (κ1) is 21.2. The number of unbranched alkanes of at least 4 members (excludes halogenated alkanes) is 1. The summed E-state index contributed by atoms with van der Waals surface area (Å²) in [5, 5.41) is 0. The largest absolute Gasteiger partial charge is 0.0985 e. The second-order valence-corrected chi connectivity index (χ2v) is 6.71. The molecule has 0 heteroatoms. The van der Waals surface area contributed by atoms with Crippen LogP contribution in [0, 0.1) is 0 Å². The zero-order valence-electron chi connectivity index (χ0n) is 16.7. The van der Waals surface area contributed by atoms with Gasteiger partial charge < -0.3 is 0 Å². The van der Waals surface area contributed by atoms with Gasteiger partial charge in [0.15, 0.2) is 0 Å². The molecule has 0 aliphatic carbocycles. The van der Waals surface area contributed by atoms with E-state index in [2.05, 4.69) is 74.3 Å². The van der Waals surface area contributed by atoms with Crippen LogP contribution in [0.3, 0.4) is 0 Å². The molecule has 0 spiro atoms. The third-order valence-corrected chi connectivity index (χ3v) is 4.65. The van der Waals surface area contributed by atoms with Crippen LogP contribution in [-0.2, 0) is 12.8 Å². The predicted octanol–water partition coefficient (Wildman–Crippen LogP) is 7.87. The average Bonchev–Trinajstić information content (AvgIpc) is 2.78. The molecule has 0 saturated carbocycles. The molecule has 0 bridgehead atoms. The van der Waals surface area contributed by atoms with E-state index in [1.807, 2.05) is 42.5 Å². The normalized spacial score (nSPS) is 9.71. The fourth-order valence-electron chi connectivity index (χ4n) is 2.89. The van der Waals surface area contributed by atoms with Gasteiger partial charge in [0.25, 0.3) is 0 Å². The molecule has 0 nitrogen and oxygen atoms in total. The summed E-state index contributed by atoms with van der Waals surface area (Å²) in [7, 11) is 0. The molecule has 0 N–H and O–H groups in total. The fourth-order valence-corrected chi connectivity index (χ4v) is 2.89. The lowest BCUT2D eigenvalue weighted by molar-refractivity contribution is 0.734. The lowest BCUT2D eigenvalue weighted by Crippen LogP contribution is -1.89. The molecule has 0 atom stereocenters. The van der Waals surface area contributed by atoms with Gasteiger partial charge in [0.05, 0.1) is 0 Å². The van der Waals surface area contributed by atoms with Gasteiger partial charge in [-0.2, -0.15) is 0 Å². The van der Waals surface area contributed by atoms with Gasteiger partial charge in [-0.05, 0) is 53.5 Å². The van der Waals surface area contributed by atoms with Crippen LogP contribution in [0.25, 0.3) is 18.2 Å². The Kier molecular flexibility index (Phi) is 9.31. The van der Waals surface area contributed by atoms with E-state index >= 15 is 0 Å². The van der Waals surface area contributed by atoms with Gasteiger partial charge in [-0.25, -0.2) is 0 Å². The molecule has 3 rings (SSSR count). The van der Waals surface area contributed by atoms with Crippen molar-refractivity contribution in [2.45, 2.75) is 25.7 Å². The summed E-state index contributed by atoms with van der Waals surface area (Å²) in [6.45, 7) is 11.1. The first-order valence-electron chi connectivity index (χ1n) is 9.85. The molecular formula is C28H30. The van der Waals surface area contributed by atoms with E-state index in [1.54, 1.807) is 0 Å². The molecule has 142 valence electrons. The average molecular weight is 367 g/mol. The van der Waals surface area contributed by atoms with E-state index < -0.39 is 0 Å². The lowest BCUT2D eigenvalue weighted by Gasteiger charge is -2.03. The molecule has 0 saturated heterocycles. The number of hydrogen-bond acceptors (Lipinski definition) is 0. The Balaban J connectivity index is 0.000000237. The first-order chi connectivity index (χ1) is 13.7. The van der Waals surface area contributed by atoms with Crippen molar-refractivity contribution >= 4 is 18.2 Å². The van der Waals surface area contributed by atoms with Crippen molar-refractivity contribution in [1.29, 1.82) is 0 Å². The van der Waals surface area contributed by atoms with E-state index in [4.69, 9.17) is 0 Å². The van der Waals surface area contributed by atoms with Gasteiger partial charge in [0.2, 0.25) is 0 Å². The smallest absolute Gasteiger partial charge is 0.0262 e. The Hall–Kier alpha value is -3.12. The van der Waals surface area contributed by atoms with Crippen LogP contribution in [-0.4, -0.2) is 0 Å². The Morgan fingerprint density at radius 2 is 0.821 bits per heavy atom. The molecule has 0 unspecified atom stereocenters. The Labute approximate surface area is 170 Å². The fraction of sp³-hybridized carbons (Fsp3) is 0.143. The molecule has 0 aromatic heterocycles. The highest BCUT2D eigenvalue weighted by Gasteiger charge is 1.95. The first-order valence-corrected chi connectivity index (χ1v) is 9.85. The second kappa shape index (κ2) is 12.3. The summed E-state index contributed by atoms with van der Waals surface area (Å²) in [4.78, 5) is 0. The third kappa shape index (κ3) is 7.63. The minimum atomic E-state index is 1.14. The van der Waals surface area contributed by atoms with Gasteiger partial charge in [0, 0.05) is 0 Å². The van der Waals surface area contributed by atoms with Crippen molar-refractivity contribution in [3.05, 3.63) is 126 Å². The standard InChI is InChI=1S/C18H20.C10H10/c1-2-16-12-14-18(15-13-16)11-7-6-10-17-8-4-3-5-9-17;1-3-9-5-7-10(4-2)8-6-9/h2-5,8-9,12-15H,1,6-7,10-11H2;3-8H,1-2H2. The summed E-state index contributed by atoms with van der Waals surface area (Å²) >= 11 is 0. The highest BCUT2D eigenvalue weighted by Crippen LogP contribution is 2.11. The molecule has 0 heterocycles. The molecule has 0 aliphatic rings. The summed E-state index contributed by atoms with van der Waals surface area (Å²) in [6, 6.07) is 27.5. The molecule has 28 heavy (non-hydrogen) atoms. The maximum absolute atomic E-state index is 3.77. The van der Waals surface area contributed by atoms with E-state index in [9.17, 15) is 0 Å². The van der Waals surface area contributed by atoms with Gasteiger partial charge in [-0.3, -0.25) is 0 Å². The van der Waals surface area contributed by atoms with Crippen molar-refractivity contribution in [1.82, 2.24) is 0 Å². The highest BCUT2D eigenvalue weighted by atomic mass is 14.0. The molecule has 0 radical (unpaired) electrons. The Morgan fingerprint density at radius 1 is 0.464 bits per heavy atom. The summed E-state index contributed by atoms with van der Waals surface area (Å²) in [5.41, 5.74) is 6.35. The predicted molar refractivity (Wildman–Crippen MR) is 126 cm³/mol. The van der Waals surface area contributed by atoms with Gasteiger partial charge >= 0.3 is 0 Å². The quantitative estimate of drug-likeness (QED) is 0.356. The summed E-state index contributed by atoms with van der Waals surface area (Å²) in [6.07, 6.45) is 10.4. The van der Waals surface area contributed by atoms with E-state index in [-0.39, 0.29) is 0 Å². The van der Waals surface area contributed by atoms with Gasteiger partial charge in [-0.15, -0.1) is 0 Å². The topological polar surface area (TPSA) is 0 Å². The number of aryl methyl sites for hydroxylation is 2. The number of rotatable bonds is 8. The van der Waals surface area contributed by atoms with Crippen molar-refractivity contribution in [2.24, 2.45) is 0 Å². The van der Waals surface area contributed by atoms with Gasteiger partial charge in [-0.1, -0.05) is 117 Å². The maximum atomic E-state index is 3.77. The van der Waals surface area contributed by atoms with Crippen molar-refractivity contribution in [3.8, 4) is 0 Å². The molecule has 0 aliphatic heterocycles. The summed E-state index contributed by atoms with van der Waals surface area (Å²) in [5.74, 6) is 0. The third-order valence-electron chi connectivity index (χ3n) is 4.65. The molecule has 3 aromatic rings. The molecular weight excluding hydrogens is 336 g/mol. The van der Waals surface area contributed by atoms with Crippen LogP contribution >= 0.6 is 0 Å². The van der Waals surface area contributed by atoms with E-state index in [0.29, 0.717) is 0 Å². The van der Waals surface area contributed by atoms with E-state index in [1.165, 1.54) is 42.4 Å². The number of benzene rings is 3. The van der Waals surface area contributed by atoms with Crippen LogP contribution in [0.15, 0.2) is 98.6 Å². The summed E-state index contributed by atoms with van der Waals surface area (Å²) < 4.78 is 0. The Bertz CT molecular complexity index is 810. The van der Waals surface area contributed by atoms with Crippen LogP contribution < -0.4 is 0 Å². The monoisotopic (exact) mass is 366 g/mol. The number of hydrogen-bond donors (Lipinski definition) is 0. The van der Waals surface area contributed by atoms with Crippen LogP contribution in [0.4, 0.5) is 0 Å². The SMILES string of the molecule is C=Cc1ccc(C=C)cc1.C=Cc1ccc(CCCCc2ccccc2)cc1. The van der Waals surface area contributed by atoms with Crippen molar-refractivity contribution in [3.63, 3.8) is 0 Å². The van der Waals surface area contributed by atoms with Crippen LogP contribution in [0.5, 0.6) is 0 Å². The maximum Gasteiger partial charge on any atom is -0.0262 e. The van der Waals surface area contributed by atoms with Crippen molar-refractivity contribution < 1.29 is 0 Å². The minimum absolute atomic E-state index is 1.14. The molecule has 0 fully saturated rings. The zero-order valence-corrected chi connectivity index (χ0v) is 16.7. The minimum Gasteiger partial charge on any atom is -0.0985 e. The molecule has 3 aromatic carbocycles. The lowest BCUT2D eigenvalue weighted by atomic mass is 10.0. The van der Waals surface area contributed by atoms with Crippen LogP contribution in [0.2, 0.25) is 0 Å². The molecule has 0 amide bonds. The van der Waals surface area contributed by atoms with Crippen molar-refractivity contribution in [2.75, 3.05) is 0 Å². The zero-order chi connectivity index (χ0) is 20.0. The van der Waals surface area contributed by atoms with E-state index in [0.717, 1.165) is 11.1 Å². The second-order valence-electron chi connectivity index (χ2n) is 6.71.